The zero-order valence-electron chi connectivity index (χ0n) is 13.6. The fraction of sp³-hybridized carbons (Fsp3) is 0.176. The average molecular weight is 444 g/mol. The van der Waals surface area contributed by atoms with Crippen molar-refractivity contribution in [3.8, 4) is 11.5 Å². The van der Waals surface area contributed by atoms with Crippen molar-refractivity contribution in [3.05, 3.63) is 51.5 Å². The zero-order valence-corrected chi connectivity index (χ0v) is 16.7. The molecule has 5 nitrogen and oxygen atoms in total. The van der Waals surface area contributed by atoms with Crippen LogP contribution in [0.2, 0.25) is 5.02 Å². The van der Waals surface area contributed by atoms with E-state index >= 15 is 0 Å². The topological polar surface area (TPSA) is 59.6 Å². The molecule has 0 unspecified atom stereocenters. The summed E-state index contributed by atoms with van der Waals surface area (Å²) in [6.45, 7) is 2.44. The molecule has 2 N–H and O–H groups in total. The average Bonchev–Trinajstić information content (AvgIpc) is 2.57. The summed E-state index contributed by atoms with van der Waals surface area (Å²) in [4.78, 5) is 12.3. The van der Waals surface area contributed by atoms with E-state index in [2.05, 4.69) is 26.6 Å². The molecule has 8 heteroatoms. The number of amides is 1. The van der Waals surface area contributed by atoms with Crippen LogP contribution in [0.15, 0.2) is 40.9 Å². The van der Waals surface area contributed by atoms with Crippen molar-refractivity contribution in [1.82, 2.24) is 5.32 Å². The zero-order chi connectivity index (χ0) is 18.4. The van der Waals surface area contributed by atoms with Crippen LogP contribution >= 0.6 is 39.7 Å². The number of rotatable bonds is 5. The van der Waals surface area contributed by atoms with Crippen molar-refractivity contribution >= 4 is 56.5 Å². The molecule has 2 rings (SSSR count). The van der Waals surface area contributed by atoms with Gasteiger partial charge in [0.1, 0.15) is 11.5 Å². The van der Waals surface area contributed by atoms with E-state index in [4.69, 9.17) is 33.3 Å². The maximum atomic E-state index is 12.3. The van der Waals surface area contributed by atoms with Crippen LogP contribution in [0, 0.1) is 0 Å². The molecular weight excluding hydrogens is 428 g/mol. The van der Waals surface area contributed by atoms with Crippen molar-refractivity contribution in [1.29, 1.82) is 0 Å². The van der Waals surface area contributed by atoms with Crippen LogP contribution in [0.4, 0.5) is 5.69 Å². The maximum absolute atomic E-state index is 12.3. The molecule has 2 aromatic rings. The minimum atomic E-state index is -0.333. The van der Waals surface area contributed by atoms with Crippen LogP contribution in [0.1, 0.15) is 17.3 Å². The second-order valence-electron chi connectivity index (χ2n) is 4.84. The van der Waals surface area contributed by atoms with Gasteiger partial charge in [0, 0.05) is 11.3 Å². The van der Waals surface area contributed by atoms with E-state index in [-0.39, 0.29) is 11.0 Å². The maximum Gasteiger partial charge on any atom is 0.257 e. The van der Waals surface area contributed by atoms with Gasteiger partial charge in [-0.05, 0) is 71.5 Å². The Balaban J connectivity index is 2.01. The fourth-order valence-corrected chi connectivity index (χ4v) is 2.96. The second-order valence-corrected chi connectivity index (χ2v) is 6.51. The number of methoxy groups -OCH3 is 1. The Labute approximate surface area is 164 Å². The smallest absolute Gasteiger partial charge is 0.257 e. The van der Waals surface area contributed by atoms with Crippen LogP contribution in [-0.2, 0) is 0 Å². The Kier molecular flexibility index (Phi) is 7.04. The number of benzene rings is 2. The summed E-state index contributed by atoms with van der Waals surface area (Å²) in [6, 6.07) is 10.2. The van der Waals surface area contributed by atoms with Gasteiger partial charge in [0.25, 0.3) is 5.91 Å². The molecule has 0 saturated heterocycles. The molecule has 0 saturated carbocycles. The highest BCUT2D eigenvalue weighted by atomic mass is 79.9. The predicted molar refractivity (Wildman–Crippen MR) is 107 cm³/mol. The van der Waals surface area contributed by atoms with Crippen molar-refractivity contribution in [2.45, 2.75) is 6.92 Å². The predicted octanol–water partition coefficient (Wildman–Crippen LogP) is 4.64. The van der Waals surface area contributed by atoms with Gasteiger partial charge in [-0.3, -0.25) is 10.1 Å². The quantitative estimate of drug-likeness (QED) is 0.660. The SMILES string of the molecule is CCOc1ccc(C(=O)NC(=S)Nc2ccc(OC)c(Cl)c2)cc1Br. The van der Waals surface area contributed by atoms with Gasteiger partial charge < -0.3 is 14.8 Å². The molecule has 0 heterocycles. The number of thiocarbonyl (C=S) groups is 1. The van der Waals surface area contributed by atoms with Crippen molar-refractivity contribution in [2.75, 3.05) is 19.0 Å². The van der Waals surface area contributed by atoms with Crippen LogP contribution in [0.3, 0.4) is 0 Å². The lowest BCUT2D eigenvalue weighted by atomic mass is 10.2. The minimum absolute atomic E-state index is 0.163. The largest absolute Gasteiger partial charge is 0.495 e. The lowest BCUT2D eigenvalue weighted by molar-refractivity contribution is 0.0977. The van der Waals surface area contributed by atoms with E-state index in [1.807, 2.05) is 6.92 Å². The van der Waals surface area contributed by atoms with E-state index in [1.165, 1.54) is 7.11 Å². The lowest BCUT2D eigenvalue weighted by Crippen LogP contribution is -2.34. The molecule has 132 valence electrons. The summed E-state index contributed by atoms with van der Waals surface area (Å²) in [7, 11) is 1.54. The van der Waals surface area contributed by atoms with Crippen molar-refractivity contribution in [3.63, 3.8) is 0 Å². The molecule has 0 fully saturated rings. The van der Waals surface area contributed by atoms with Gasteiger partial charge in [-0.1, -0.05) is 11.6 Å². The highest BCUT2D eigenvalue weighted by Gasteiger charge is 2.11. The molecule has 0 bridgehead atoms. The number of carbonyl (C=O) groups is 1. The summed E-state index contributed by atoms with van der Waals surface area (Å²) < 4.78 is 11.2. The fourth-order valence-electron chi connectivity index (χ4n) is 2.00. The number of anilines is 1. The molecule has 1 amide bonds. The Morgan fingerprint density at radius 2 is 1.96 bits per heavy atom. The Hall–Kier alpha value is -1.83. The van der Waals surface area contributed by atoms with Crippen molar-refractivity contribution in [2.24, 2.45) is 0 Å². The van der Waals surface area contributed by atoms with Crippen molar-refractivity contribution < 1.29 is 14.3 Å². The van der Waals surface area contributed by atoms with Crippen LogP contribution in [-0.4, -0.2) is 24.7 Å². The molecule has 2 aromatic carbocycles. The Morgan fingerprint density at radius 1 is 1.24 bits per heavy atom. The number of ether oxygens (including phenoxy) is 2. The molecule has 0 aliphatic heterocycles. The highest BCUT2D eigenvalue weighted by Crippen LogP contribution is 2.27. The molecule has 0 radical (unpaired) electrons. The van der Waals surface area contributed by atoms with E-state index in [9.17, 15) is 4.79 Å². The van der Waals surface area contributed by atoms with Gasteiger partial charge in [-0.2, -0.15) is 0 Å². The molecule has 0 spiro atoms. The number of hydrogen-bond donors (Lipinski definition) is 2. The Morgan fingerprint density at radius 3 is 2.56 bits per heavy atom. The Bertz CT molecular complexity index is 801. The van der Waals surface area contributed by atoms with Gasteiger partial charge in [0.15, 0.2) is 5.11 Å². The minimum Gasteiger partial charge on any atom is -0.495 e. The molecular formula is C17H16BrClN2O3S. The van der Waals surface area contributed by atoms with Gasteiger partial charge in [0.05, 0.1) is 23.2 Å². The molecule has 0 aliphatic carbocycles. The summed E-state index contributed by atoms with van der Waals surface area (Å²) in [5.74, 6) is 0.898. The highest BCUT2D eigenvalue weighted by molar-refractivity contribution is 9.10. The standard InChI is InChI=1S/C17H16BrClN2O3S/c1-3-24-14-6-4-10(8-12(14)18)16(22)21-17(25)20-11-5-7-15(23-2)13(19)9-11/h4-9H,3H2,1-2H3,(H2,20,21,22,25). The number of carbonyl (C=O) groups excluding carboxylic acids is 1. The number of nitrogens with one attached hydrogen (secondary N) is 2. The first-order valence-electron chi connectivity index (χ1n) is 7.32. The summed E-state index contributed by atoms with van der Waals surface area (Å²) in [6.07, 6.45) is 0. The van der Waals surface area contributed by atoms with E-state index in [1.54, 1.807) is 36.4 Å². The van der Waals surface area contributed by atoms with Gasteiger partial charge >= 0.3 is 0 Å². The molecule has 0 aromatic heterocycles. The third-order valence-electron chi connectivity index (χ3n) is 3.13. The van der Waals surface area contributed by atoms with Crippen LogP contribution in [0.5, 0.6) is 11.5 Å². The summed E-state index contributed by atoms with van der Waals surface area (Å²) in [5.41, 5.74) is 1.09. The van der Waals surface area contributed by atoms with Gasteiger partial charge in [0.2, 0.25) is 0 Å². The normalized spacial score (nSPS) is 10.1. The number of halogens is 2. The van der Waals surface area contributed by atoms with Gasteiger partial charge in [-0.25, -0.2) is 0 Å². The third-order valence-corrected chi connectivity index (χ3v) is 4.25. The first-order valence-corrected chi connectivity index (χ1v) is 8.90. The van der Waals surface area contributed by atoms with E-state index in [0.717, 1.165) is 0 Å². The van der Waals surface area contributed by atoms with Crippen LogP contribution < -0.4 is 20.1 Å². The first-order chi connectivity index (χ1) is 11.9. The lowest BCUT2D eigenvalue weighted by Gasteiger charge is -2.12. The monoisotopic (exact) mass is 442 g/mol. The van der Waals surface area contributed by atoms with Crippen LogP contribution in [0.25, 0.3) is 0 Å². The second kappa shape index (κ2) is 9.03. The van der Waals surface area contributed by atoms with E-state index < -0.39 is 0 Å². The van der Waals surface area contributed by atoms with E-state index in [0.29, 0.717) is 38.9 Å². The number of hydrogen-bond acceptors (Lipinski definition) is 4. The first kappa shape index (κ1) is 19.5. The molecule has 25 heavy (non-hydrogen) atoms. The molecule has 0 aliphatic rings. The summed E-state index contributed by atoms with van der Waals surface area (Å²) in [5, 5.41) is 6.13. The third kappa shape index (κ3) is 5.32. The van der Waals surface area contributed by atoms with Gasteiger partial charge in [-0.15, -0.1) is 0 Å². The molecule has 0 atom stereocenters. The summed E-state index contributed by atoms with van der Waals surface area (Å²) >= 11 is 14.6.